The topological polar surface area (TPSA) is 97.3 Å². The molecule has 8 nitrogen and oxygen atoms in total. The number of hydrazine groups is 1. The highest BCUT2D eigenvalue weighted by Crippen LogP contribution is 2.43. The summed E-state index contributed by atoms with van der Waals surface area (Å²) in [6, 6.07) is 16.3. The van der Waals surface area contributed by atoms with Crippen molar-refractivity contribution in [3.05, 3.63) is 101 Å². The molecule has 0 amide bonds. The van der Waals surface area contributed by atoms with Crippen molar-refractivity contribution in [1.29, 1.82) is 0 Å². The first kappa shape index (κ1) is 29.9. The van der Waals surface area contributed by atoms with E-state index >= 15 is 0 Å². The van der Waals surface area contributed by atoms with Gasteiger partial charge in [-0.25, -0.2) is 18.7 Å². The van der Waals surface area contributed by atoms with Crippen LogP contribution in [0.25, 0.3) is 0 Å². The van der Waals surface area contributed by atoms with Crippen molar-refractivity contribution in [1.82, 2.24) is 19.1 Å². The van der Waals surface area contributed by atoms with Crippen molar-refractivity contribution in [3.8, 4) is 0 Å². The van der Waals surface area contributed by atoms with E-state index in [1.807, 2.05) is 25.1 Å². The Morgan fingerprint density at radius 2 is 1.88 bits per heavy atom. The van der Waals surface area contributed by atoms with Crippen molar-refractivity contribution in [2.45, 2.75) is 69.7 Å². The fraction of sp³-hybridized carbons (Fsp3) is 0.375. The molecule has 4 aromatic rings. The molecule has 1 fully saturated rings. The van der Waals surface area contributed by atoms with Gasteiger partial charge in [0, 0.05) is 49.6 Å². The van der Waals surface area contributed by atoms with Crippen molar-refractivity contribution >= 4 is 21.4 Å². The van der Waals surface area contributed by atoms with Crippen LogP contribution in [0.2, 0.25) is 0 Å². The van der Waals surface area contributed by atoms with Gasteiger partial charge in [0.05, 0.1) is 17.6 Å². The van der Waals surface area contributed by atoms with Gasteiger partial charge in [-0.1, -0.05) is 32.4 Å². The molecular formula is C32H39FN6O2S. The van der Waals surface area contributed by atoms with E-state index in [1.165, 1.54) is 18.3 Å². The van der Waals surface area contributed by atoms with Crippen LogP contribution < -0.4 is 10.9 Å². The van der Waals surface area contributed by atoms with Crippen molar-refractivity contribution < 1.29 is 12.8 Å². The molecule has 1 saturated heterocycles. The molecule has 0 aliphatic carbocycles. The van der Waals surface area contributed by atoms with Crippen LogP contribution in [0.1, 0.15) is 55.5 Å². The highest BCUT2D eigenvalue weighted by molar-refractivity contribution is 7.89. The van der Waals surface area contributed by atoms with E-state index < -0.39 is 15.4 Å². The van der Waals surface area contributed by atoms with Crippen LogP contribution in [0, 0.1) is 12.7 Å². The molecule has 2 aromatic heterocycles. The van der Waals surface area contributed by atoms with Gasteiger partial charge in [-0.2, -0.15) is 9.40 Å². The van der Waals surface area contributed by atoms with Gasteiger partial charge in [0.1, 0.15) is 10.7 Å². The number of hydrogen-bond donors (Lipinski definition) is 1. The third-order valence-electron chi connectivity index (χ3n) is 8.15. The van der Waals surface area contributed by atoms with E-state index in [0.29, 0.717) is 38.2 Å². The van der Waals surface area contributed by atoms with Crippen LogP contribution in [0.15, 0.2) is 78.1 Å². The minimum Gasteiger partial charge on any atom is -0.279 e. The first-order chi connectivity index (χ1) is 20.2. The van der Waals surface area contributed by atoms with E-state index in [2.05, 4.69) is 36.1 Å². The zero-order chi connectivity index (χ0) is 29.9. The Balaban J connectivity index is 1.56. The second-order valence-corrected chi connectivity index (χ2v) is 13.1. The summed E-state index contributed by atoms with van der Waals surface area (Å²) in [4.78, 5) is 4.85. The predicted octanol–water partition coefficient (Wildman–Crippen LogP) is 5.68. The number of rotatable bonds is 11. The largest absolute Gasteiger partial charge is 0.279 e. The Morgan fingerprint density at radius 3 is 2.57 bits per heavy atom. The summed E-state index contributed by atoms with van der Waals surface area (Å²) in [5, 5.41) is 5.87. The molecule has 1 aliphatic rings. The molecule has 0 spiro atoms. The third-order valence-corrected chi connectivity index (χ3v) is 9.94. The number of aromatic nitrogens is 3. The smallest absolute Gasteiger partial charge is 0.246 e. The normalized spacial score (nSPS) is 17.5. The highest BCUT2D eigenvalue weighted by Gasteiger charge is 2.45. The van der Waals surface area contributed by atoms with E-state index in [4.69, 9.17) is 5.84 Å². The number of nitrogens with zero attached hydrogens (tertiary/aromatic N) is 5. The molecule has 2 aromatic carbocycles. The lowest BCUT2D eigenvalue weighted by atomic mass is 9.73. The maximum Gasteiger partial charge on any atom is 0.246 e. The van der Waals surface area contributed by atoms with Crippen molar-refractivity contribution in [2.24, 2.45) is 5.84 Å². The molecule has 0 radical (unpaired) electrons. The molecular weight excluding hydrogens is 551 g/mol. The average molecular weight is 591 g/mol. The Morgan fingerprint density at radius 1 is 1.10 bits per heavy atom. The first-order valence-corrected chi connectivity index (χ1v) is 16.0. The summed E-state index contributed by atoms with van der Waals surface area (Å²) in [5.74, 6) is 6.28. The van der Waals surface area contributed by atoms with Gasteiger partial charge in [0.2, 0.25) is 10.0 Å². The molecule has 2 N–H and O–H groups in total. The second-order valence-electron chi connectivity index (χ2n) is 11.2. The highest BCUT2D eigenvalue weighted by atomic mass is 32.2. The average Bonchev–Trinajstić information content (AvgIpc) is 3.64. The fourth-order valence-electron chi connectivity index (χ4n) is 6.07. The zero-order valence-electron chi connectivity index (χ0n) is 24.5. The van der Waals surface area contributed by atoms with E-state index in [0.717, 1.165) is 47.3 Å². The number of hydrogen-bond acceptors (Lipinski definition) is 6. The molecule has 1 aliphatic heterocycles. The van der Waals surface area contributed by atoms with Crippen LogP contribution in [0.4, 0.5) is 15.8 Å². The molecule has 222 valence electrons. The fourth-order valence-corrected chi connectivity index (χ4v) is 7.55. The number of benzene rings is 2. The summed E-state index contributed by atoms with van der Waals surface area (Å²) in [5.41, 5.74) is 5.16. The number of nitrogens with two attached hydrogens (primary N) is 1. The number of anilines is 2. The summed E-state index contributed by atoms with van der Waals surface area (Å²) >= 11 is 0. The molecule has 5 rings (SSSR count). The third kappa shape index (κ3) is 5.97. The Kier molecular flexibility index (Phi) is 8.77. The van der Waals surface area contributed by atoms with Gasteiger partial charge in [-0.05, 0) is 85.3 Å². The van der Waals surface area contributed by atoms with Gasteiger partial charge < -0.3 is 0 Å². The monoisotopic (exact) mass is 590 g/mol. The lowest BCUT2D eigenvalue weighted by Crippen LogP contribution is -2.37. The van der Waals surface area contributed by atoms with Crippen LogP contribution in [0.3, 0.4) is 0 Å². The van der Waals surface area contributed by atoms with Gasteiger partial charge in [-0.3, -0.25) is 14.7 Å². The van der Waals surface area contributed by atoms with Gasteiger partial charge in [-0.15, -0.1) is 0 Å². The number of pyridine rings is 1. The van der Waals surface area contributed by atoms with Crippen LogP contribution in [-0.2, 0) is 34.8 Å². The maximum absolute atomic E-state index is 13.8. The molecule has 1 unspecified atom stereocenters. The maximum atomic E-state index is 13.8. The van der Waals surface area contributed by atoms with Crippen molar-refractivity contribution in [2.75, 3.05) is 18.1 Å². The summed E-state index contributed by atoms with van der Waals surface area (Å²) in [6.07, 6.45) is 8.68. The standard InChI is InChI=1S/C32H39FN6O2S/c1-4-8-25-19-30(24(3)18-31(25)39(34)28-12-10-26(33)11-13-28)32(20-27-9-6-7-15-35-27)14-17-38(23-32)42(40,41)29-21-36-37(22-29)16-5-2/h6-7,9-13,15,18-19,21-22H,4-5,8,14,16-17,20,23,34H2,1-3H3. The Labute approximate surface area is 248 Å². The minimum atomic E-state index is -3.73. The number of aryl methyl sites for hydroxylation is 3. The lowest BCUT2D eigenvalue weighted by Gasteiger charge is -2.33. The van der Waals surface area contributed by atoms with Gasteiger partial charge >= 0.3 is 0 Å². The molecule has 42 heavy (non-hydrogen) atoms. The zero-order valence-corrected chi connectivity index (χ0v) is 25.3. The number of halogens is 1. The number of sulfonamides is 1. The Bertz CT molecular complexity index is 1620. The molecule has 1 atom stereocenters. The second kappa shape index (κ2) is 12.3. The molecule has 10 heteroatoms. The Hall–Kier alpha value is -3.60. The minimum absolute atomic E-state index is 0.224. The van der Waals surface area contributed by atoms with Gasteiger partial charge in [0.15, 0.2) is 0 Å². The summed E-state index contributed by atoms with van der Waals surface area (Å²) in [7, 11) is -3.73. The molecule has 0 bridgehead atoms. The van der Waals surface area contributed by atoms with Crippen LogP contribution in [-0.4, -0.2) is 40.6 Å². The van der Waals surface area contributed by atoms with Crippen molar-refractivity contribution in [3.63, 3.8) is 0 Å². The SMILES string of the molecule is CCCc1cc(C2(Cc3ccccn3)CCN(S(=O)(=O)c3cnn(CCC)c3)C2)c(C)cc1N(N)c1ccc(F)cc1. The summed E-state index contributed by atoms with van der Waals surface area (Å²) < 4.78 is 44.5. The van der Waals surface area contributed by atoms with Crippen LogP contribution >= 0.6 is 0 Å². The summed E-state index contributed by atoms with van der Waals surface area (Å²) in [6.45, 7) is 7.61. The van der Waals surface area contributed by atoms with E-state index in [-0.39, 0.29) is 10.7 Å². The van der Waals surface area contributed by atoms with Gasteiger partial charge in [0.25, 0.3) is 0 Å². The molecule has 0 saturated carbocycles. The molecule has 3 heterocycles. The quantitative estimate of drug-likeness (QED) is 0.178. The van der Waals surface area contributed by atoms with E-state index in [1.54, 1.807) is 38.5 Å². The van der Waals surface area contributed by atoms with E-state index in [9.17, 15) is 12.8 Å². The predicted molar refractivity (Wildman–Crippen MR) is 163 cm³/mol. The lowest BCUT2D eigenvalue weighted by molar-refractivity contribution is 0.410. The first-order valence-electron chi connectivity index (χ1n) is 14.5. The van der Waals surface area contributed by atoms with Crippen LogP contribution in [0.5, 0.6) is 0 Å².